The molecule has 21 heavy (non-hydrogen) atoms. The summed E-state index contributed by atoms with van der Waals surface area (Å²) in [7, 11) is 0. The van der Waals surface area contributed by atoms with Crippen LogP contribution in [0.15, 0.2) is 48.5 Å². The summed E-state index contributed by atoms with van der Waals surface area (Å²) in [5.41, 5.74) is 0.438. The fraction of sp³-hybridized carbons (Fsp3) is 0.133. The normalized spacial score (nSPS) is 9.95. The van der Waals surface area contributed by atoms with Gasteiger partial charge in [0.15, 0.2) is 0 Å². The van der Waals surface area contributed by atoms with Crippen molar-refractivity contribution in [2.24, 2.45) is 0 Å². The number of rotatable bonds is 5. The summed E-state index contributed by atoms with van der Waals surface area (Å²) < 4.78 is 10.4. The molecule has 0 aliphatic carbocycles. The van der Waals surface area contributed by atoms with Crippen molar-refractivity contribution >= 4 is 11.7 Å². The number of hydrogen-bond donors (Lipinski definition) is 0. The molecule has 2 rings (SSSR count). The lowest BCUT2D eigenvalue weighted by Gasteiger charge is -2.06. The van der Waals surface area contributed by atoms with Gasteiger partial charge in [-0.25, -0.2) is 4.79 Å². The molecule has 0 aliphatic rings. The monoisotopic (exact) mass is 287 g/mol. The van der Waals surface area contributed by atoms with Gasteiger partial charge in [0.1, 0.15) is 11.5 Å². The average molecular weight is 287 g/mol. The van der Waals surface area contributed by atoms with Crippen molar-refractivity contribution in [2.75, 3.05) is 6.61 Å². The van der Waals surface area contributed by atoms with Crippen LogP contribution in [0.1, 0.15) is 17.3 Å². The zero-order valence-corrected chi connectivity index (χ0v) is 11.3. The Bertz CT molecular complexity index is 634. The molecule has 0 saturated carbocycles. The average Bonchev–Trinajstić information content (AvgIpc) is 2.49. The molecule has 6 heteroatoms. The van der Waals surface area contributed by atoms with E-state index in [0.29, 0.717) is 23.7 Å². The van der Waals surface area contributed by atoms with E-state index in [2.05, 4.69) is 0 Å². The van der Waals surface area contributed by atoms with Crippen molar-refractivity contribution in [1.82, 2.24) is 0 Å². The molecule has 0 radical (unpaired) electrons. The van der Waals surface area contributed by atoms with Crippen LogP contribution in [0.25, 0.3) is 0 Å². The maximum absolute atomic E-state index is 11.5. The van der Waals surface area contributed by atoms with Crippen molar-refractivity contribution < 1.29 is 19.2 Å². The molecule has 0 atom stereocenters. The van der Waals surface area contributed by atoms with Crippen LogP contribution < -0.4 is 4.74 Å². The van der Waals surface area contributed by atoms with E-state index in [0.717, 1.165) is 0 Å². The largest absolute Gasteiger partial charge is 0.462 e. The predicted molar refractivity (Wildman–Crippen MR) is 75.6 cm³/mol. The van der Waals surface area contributed by atoms with Gasteiger partial charge in [0.25, 0.3) is 5.69 Å². The van der Waals surface area contributed by atoms with Crippen molar-refractivity contribution in [1.29, 1.82) is 0 Å². The summed E-state index contributed by atoms with van der Waals surface area (Å²) in [6.07, 6.45) is 0. The zero-order valence-electron chi connectivity index (χ0n) is 11.3. The number of hydrogen-bond acceptors (Lipinski definition) is 5. The smallest absolute Gasteiger partial charge is 0.338 e. The first-order valence-electron chi connectivity index (χ1n) is 6.29. The number of nitro groups is 1. The minimum Gasteiger partial charge on any atom is -0.462 e. The highest BCUT2D eigenvalue weighted by Gasteiger charge is 2.07. The number of nitro benzene ring substituents is 1. The maximum atomic E-state index is 11.5. The molecule has 0 bridgehead atoms. The van der Waals surface area contributed by atoms with Crippen LogP contribution in [0.3, 0.4) is 0 Å². The van der Waals surface area contributed by atoms with E-state index in [4.69, 9.17) is 9.47 Å². The fourth-order valence-electron chi connectivity index (χ4n) is 1.65. The van der Waals surface area contributed by atoms with Crippen LogP contribution in [0.2, 0.25) is 0 Å². The summed E-state index contributed by atoms with van der Waals surface area (Å²) in [6, 6.07) is 12.2. The van der Waals surface area contributed by atoms with Gasteiger partial charge < -0.3 is 9.47 Å². The molecule has 0 saturated heterocycles. The van der Waals surface area contributed by atoms with Gasteiger partial charge in [-0.2, -0.15) is 0 Å². The highest BCUT2D eigenvalue weighted by molar-refractivity contribution is 5.89. The van der Waals surface area contributed by atoms with Crippen molar-refractivity contribution in [3.63, 3.8) is 0 Å². The summed E-state index contributed by atoms with van der Waals surface area (Å²) in [6.45, 7) is 2.06. The van der Waals surface area contributed by atoms with Crippen LogP contribution in [0.4, 0.5) is 5.69 Å². The second kappa shape index (κ2) is 6.51. The second-order valence-electron chi connectivity index (χ2n) is 4.10. The predicted octanol–water partition coefficient (Wildman–Crippen LogP) is 3.56. The van der Waals surface area contributed by atoms with Crippen LogP contribution in [-0.2, 0) is 4.74 Å². The first-order chi connectivity index (χ1) is 10.1. The van der Waals surface area contributed by atoms with E-state index < -0.39 is 4.92 Å². The molecule has 0 fully saturated rings. The summed E-state index contributed by atoms with van der Waals surface area (Å²) in [5, 5.41) is 10.5. The standard InChI is InChI=1S/C15H13NO5/c1-2-20-15(17)11-3-7-13(8-4-11)21-14-9-5-12(6-10-14)16(18)19/h3-10H,2H2,1H3. The van der Waals surface area contributed by atoms with E-state index in [9.17, 15) is 14.9 Å². The summed E-state index contributed by atoms with van der Waals surface area (Å²) in [4.78, 5) is 21.6. The number of nitrogens with zero attached hydrogens (tertiary/aromatic N) is 1. The van der Waals surface area contributed by atoms with Crippen LogP contribution in [-0.4, -0.2) is 17.5 Å². The number of ether oxygens (including phenoxy) is 2. The van der Waals surface area contributed by atoms with Gasteiger partial charge in [-0.05, 0) is 43.3 Å². The number of non-ortho nitro benzene ring substituents is 1. The lowest BCUT2D eigenvalue weighted by atomic mass is 10.2. The number of carbonyl (C=O) groups is 1. The van der Waals surface area contributed by atoms with Gasteiger partial charge >= 0.3 is 5.97 Å². The van der Waals surface area contributed by atoms with Crippen LogP contribution in [0.5, 0.6) is 11.5 Å². The molecule has 0 amide bonds. The minimum atomic E-state index is -0.474. The Morgan fingerprint density at radius 3 is 2.05 bits per heavy atom. The Balaban J connectivity index is 2.06. The molecule has 0 N–H and O–H groups in total. The van der Waals surface area contributed by atoms with Gasteiger partial charge in [-0.1, -0.05) is 0 Å². The first kappa shape index (κ1) is 14.5. The Hall–Kier alpha value is -2.89. The highest BCUT2D eigenvalue weighted by Crippen LogP contribution is 2.24. The third-order valence-corrected chi connectivity index (χ3v) is 2.65. The molecule has 6 nitrogen and oxygen atoms in total. The van der Waals surface area contributed by atoms with E-state index in [1.165, 1.54) is 24.3 Å². The molecular formula is C15H13NO5. The lowest BCUT2D eigenvalue weighted by molar-refractivity contribution is -0.384. The summed E-state index contributed by atoms with van der Waals surface area (Å²) >= 11 is 0. The van der Waals surface area contributed by atoms with Crippen molar-refractivity contribution in [3.05, 3.63) is 64.2 Å². The molecule has 2 aromatic carbocycles. The highest BCUT2D eigenvalue weighted by atomic mass is 16.6. The molecule has 0 aromatic heterocycles. The van der Waals surface area contributed by atoms with E-state index in [-0.39, 0.29) is 11.7 Å². The van der Waals surface area contributed by atoms with Gasteiger partial charge in [0.2, 0.25) is 0 Å². The molecule has 0 aliphatic heterocycles. The molecule has 2 aromatic rings. The SMILES string of the molecule is CCOC(=O)c1ccc(Oc2ccc([N+](=O)[O-])cc2)cc1. The topological polar surface area (TPSA) is 78.7 Å². The van der Waals surface area contributed by atoms with E-state index >= 15 is 0 Å². The molecule has 0 heterocycles. The third kappa shape index (κ3) is 3.79. The molecule has 108 valence electrons. The Morgan fingerprint density at radius 1 is 1.05 bits per heavy atom. The van der Waals surface area contributed by atoms with Gasteiger partial charge in [0, 0.05) is 12.1 Å². The van der Waals surface area contributed by atoms with Crippen molar-refractivity contribution in [3.8, 4) is 11.5 Å². The maximum Gasteiger partial charge on any atom is 0.338 e. The summed E-state index contributed by atoms with van der Waals surface area (Å²) in [5.74, 6) is 0.612. The van der Waals surface area contributed by atoms with Crippen molar-refractivity contribution in [2.45, 2.75) is 6.92 Å². The molecule has 0 spiro atoms. The van der Waals surface area contributed by atoms with Gasteiger partial charge in [0.05, 0.1) is 17.1 Å². The van der Waals surface area contributed by atoms with Gasteiger partial charge in [-0.3, -0.25) is 10.1 Å². The molecular weight excluding hydrogens is 274 g/mol. The minimum absolute atomic E-state index is 0.00000834. The zero-order chi connectivity index (χ0) is 15.2. The number of benzene rings is 2. The Labute approximate surface area is 121 Å². The second-order valence-corrected chi connectivity index (χ2v) is 4.10. The first-order valence-corrected chi connectivity index (χ1v) is 6.29. The quantitative estimate of drug-likeness (QED) is 0.477. The molecule has 0 unspecified atom stereocenters. The number of carbonyl (C=O) groups excluding carboxylic acids is 1. The van der Waals surface area contributed by atoms with Crippen LogP contribution in [0, 0.1) is 10.1 Å². The number of esters is 1. The Morgan fingerprint density at radius 2 is 1.57 bits per heavy atom. The van der Waals surface area contributed by atoms with E-state index in [1.807, 2.05) is 0 Å². The fourth-order valence-corrected chi connectivity index (χ4v) is 1.65. The van der Waals surface area contributed by atoms with Gasteiger partial charge in [-0.15, -0.1) is 0 Å². The third-order valence-electron chi connectivity index (χ3n) is 2.65. The Kier molecular flexibility index (Phi) is 4.50. The van der Waals surface area contributed by atoms with Crippen LogP contribution >= 0.6 is 0 Å². The van der Waals surface area contributed by atoms with E-state index in [1.54, 1.807) is 31.2 Å². The lowest BCUT2D eigenvalue weighted by Crippen LogP contribution is -2.03.